The Morgan fingerprint density at radius 1 is 1.18 bits per heavy atom. The number of carbonyl (C=O) groups excluding carboxylic acids is 1. The van der Waals surface area contributed by atoms with Crippen molar-refractivity contribution in [2.45, 2.75) is 30.6 Å². The van der Waals surface area contributed by atoms with E-state index in [0.29, 0.717) is 5.78 Å². The molecule has 17 heavy (non-hydrogen) atoms. The second kappa shape index (κ2) is 4.22. The van der Waals surface area contributed by atoms with Crippen molar-refractivity contribution in [1.82, 2.24) is 0 Å². The Balaban J connectivity index is 2.03. The van der Waals surface area contributed by atoms with Crippen molar-refractivity contribution in [3.05, 3.63) is 34.9 Å². The van der Waals surface area contributed by atoms with Gasteiger partial charge < -0.3 is 4.90 Å². The summed E-state index contributed by atoms with van der Waals surface area (Å²) in [5, 5.41) is 1.15. The predicted octanol–water partition coefficient (Wildman–Crippen LogP) is 3.58. The Kier molecular flexibility index (Phi) is 2.71. The molecule has 2 aliphatic rings. The van der Waals surface area contributed by atoms with Crippen molar-refractivity contribution in [1.29, 1.82) is 0 Å². The zero-order valence-electron chi connectivity index (χ0n) is 9.90. The fraction of sp³-hybridized carbons (Fsp3) is 0.357. The molecule has 3 rings (SSSR count). The zero-order valence-corrected chi connectivity index (χ0v) is 10.7. The lowest BCUT2D eigenvalue weighted by Crippen LogP contribution is -2.18. The van der Waals surface area contributed by atoms with Crippen LogP contribution in [0, 0.1) is 0 Å². The highest BCUT2D eigenvalue weighted by atomic mass is 32.2. The first-order valence-electron chi connectivity index (χ1n) is 6.04. The van der Waals surface area contributed by atoms with Crippen LogP contribution in [0.2, 0.25) is 0 Å². The lowest BCUT2D eigenvalue weighted by molar-refractivity contribution is -0.116. The largest absolute Gasteiger partial charge is 0.338 e. The molecule has 1 aromatic carbocycles. The van der Waals surface area contributed by atoms with E-state index in [1.165, 1.54) is 10.6 Å². The summed E-state index contributed by atoms with van der Waals surface area (Å²) in [6, 6.07) is 8.34. The summed E-state index contributed by atoms with van der Waals surface area (Å²) < 4.78 is 0. The van der Waals surface area contributed by atoms with Gasteiger partial charge >= 0.3 is 0 Å². The van der Waals surface area contributed by atoms with E-state index in [2.05, 4.69) is 30.1 Å². The van der Waals surface area contributed by atoms with E-state index in [-0.39, 0.29) is 0 Å². The SMILES string of the molecule is CN1C(=C2CCCCC2=O)Sc2ccccc21. The molecule has 88 valence electrons. The average molecular weight is 245 g/mol. The number of hydrogen-bond donors (Lipinski definition) is 0. The average Bonchev–Trinajstić information content (AvgIpc) is 2.68. The molecule has 0 amide bonds. The van der Waals surface area contributed by atoms with Gasteiger partial charge in [0.1, 0.15) is 0 Å². The molecule has 0 aromatic heterocycles. The first-order chi connectivity index (χ1) is 8.27. The van der Waals surface area contributed by atoms with Crippen LogP contribution in [0.4, 0.5) is 5.69 Å². The predicted molar refractivity (Wildman–Crippen MR) is 71.2 cm³/mol. The van der Waals surface area contributed by atoms with E-state index in [1.54, 1.807) is 11.8 Å². The van der Waals surface area contributed by atoms with Gasteiger partial charge in [0.05, 0.1) is 10.7 Å². The monoisotopic (exact) mass is 245 g/mol. The summed E-state index contributed by atoms with van der Waals surface area (Å²) in [7, 11) is 2.06. The summed E-state index contributed by atoms with van der Waals surface area (Å²) in [5.41, 5.74) is 2.26. The maximum atomic E-state index is 12.0. The molecular formula is C14H15NOS. The molecule has 0 radical (unpaired) electrons. The molecule has 0 N–H and O–H groups in total. The number of rotatable bonds is 0. The van der Waals surface area contributed by atoms with Crippen molar-refractivity contribution in [2.24, 2.45) is 0 Å². The summed E-state index contributed by atoms with van der Waals surface area (Å²) >= 11 is 1.74. The van der Waals surface area contributed by atoms with Crippen LogP contribution in [0.1, 0.15) is 25.7 Å². The minimum Gasteiger partial charge on any atom is -0.338 e. The Morgan fingerprint density at radius 2 is 1.94 bits per heavy atom. The lowest BCUT2D eigenvalue weighted by Gasteiger charge is -2.20. The van der Waals surface area contributed by atoms with Crippen LogP contribution >= 0.6 is 11.8 Å². The molecule has 1 fully saturated rings. The number of allylic oxidation sites excluding steroid dienone is 1. The number of para-hydroxylation sites is 1. The van der Waals surface area contributed by atoms with E-state index in [9.17, 15) is 4.79 Å². The van der Waals surface area contributed by atoms with Crippen molar-refractivity contribution in [3.8, 4) is 0 Å². The highest BCUT2D eigenvalue weighted by Crippen LogP contribution is 2.47. The first-order valence-corrected chi connectivity index (χ1v) is 6.86. The summed E-state index contributed by atoms with van der Waals surface area (Å²) in [5.74, 6) is 0.346. The number of Topliss-reactive ketones (excluding diaryl/α,β-unsaturated/α-hetero) is 1. The minimum atomic E-state index is 0.346. The third-order valence-electron chi connectivity index (χ3n) is 3.41. The van der Waals surface area contributed by atoms with Crippen LogP contribution in [-0.2, 0) is 4.79 Å². The van der Waals surface area contributed by atoms with E-state index in [4.69, 9.17) is 0 Å². The standard InChI is InChI=1S/C14H15NOS/c1-15-11-7-3-5-9-13(11)17-14(15)10-6-2-4-8-12(10)16/h3,5,7,9H,2,4,6,8H2,1H3. The van der Waals surface area contributed by atoms with E-state index < -0.39 is 0 Å². The second-order valence-electron chi connectivity index (χ2n) is 4.54. The summed E-state index contributed by atoms with van der Waals surface area (Å²) in [6.45, 7) is 0. The Hall–Kier alpha value is -1.22. The molecule has 1 aliphatic heterocycles. The smallest absolute Gasteiger partial charge is 0.161 e. The van der Waals surface area contributed by atoms with Gasteiger partial charge in [-0.15, -0.1) is 0 Å². The van der Waals surface area contributed by atoms with Crippen LogP contribution in [0.15, 0.2) is 39.8 Å². The van der Waals surface area contributed by atoms with Gasteiger partial charge in [-0.1, -0.05) is 23.9 Å². The van der Waals surface area contributed by atoms with Gasteiger partial charge in [0.2, 0.25) is 0 Å². The number of nitrogens with zero attached hydrogens (tertiary/aromatic N) is 1. The fourth-order valence-electron chi connectivity index (χ4n) is 2.47. The lowest BCUT2D eigenvalue weighted by atomic mass is 9.94. The number of thioether (sulfide) groups is 1. The van der Waals surface area contributed by atoms with Gasteiger partial charge in [0.15, 0.2) is 5.78 Å². The second-order valence-corrected chi connectivity index (χ2v) is 5.57. The maximum Gasteiger partial charge on any atom is 0.161 e. The fourth-order valence-corrected chi connectivity index (χ4v) is 3.71. The summed E-state index contributed by atoms with van der Waals surface area (Å²) in [4.78, 5) is 15.4. The number of benzene rings is 1. The normalized spacial score (nSPS) is 24.1. The number of fused-ring (bicyclic) bond motifs is 1. The third-order valence-corrected chi connectivity index (χ3v) is 4.69. The Labute approximate surface area is 106 Å². The highest BCUT2D eigenvalue weighted by molar-refractivity contribution is 8.03. The molecule has 0 bridgehead atoms. The highest BCUT2D eigenvalue weighted by Gasteiger charge is 2.28. The van der Waals surface area contributed by atoms with Crippen molar-refractivity contribution < 1.29 is 4.79 Å². The first kappa shape index (κ1) is 10.9. The molecular weight excluding hydrogens is 230 g/mol. The molecule has 1 heterocycles. The van der Waals surface area contributed by atoms with Gasteiger partial charge in [-0.2, -0.15) is 0 Å². The number of ketones is 1. The van der Waals surface area contributed by atoms with E-state index >= 15 is 0 Å². The van der Waals surface area contributed by atoms with E-state index in [0.717, 1.165) is 36.3 Å². The quantitative estimate of drug-likeness (QED) is 0.652. The molecule has 1 aliphatic carbocycles. The van der Waals surface area contributed by atoms with Crippen LogP contribution in [-0.4, -0.2) is 12.8 Å². The molecule has 2 nitrogen and oxygen atoms in total. The van der Waals surface area contributed by atoms with Crippen LogP contribution in [0.5, 0.6) is 0 Å². The molecule has 0 saturated heterocycles. The van der Waals surface area contributed by atoms with Crippen molar-refractivity contribution in [3.63, 3.8) is 0 Å². The number of anilines is 1. The minimum absolute atomic E-state index is 0.346. The van der Waals surface area contributed by atoms with Gasteiger partial charge in [0, 0.05) is 23.9 Å². The number of carbonyl (C=O) groups is 1. The molecule has 1 aromatic rings. The molecule has 3 heteroatoms. The van der Waals surface area contributed by atoms with Crippen molar-refractivity contribution in [2.75, 3.05) is 11.9 Å². The third kappa shape index (κ3) is 1.78. The molecule has 0 atom stereocenters. The Morgan fingerprint density at radius 3 is 2.71 bits per heavy atom. The number of hydrogen-bond acceptors (Lipinski definition) is 3. The van der Waals surface area contributed by atoms with Crippen LogP contribution < -0.4 is 4.90 Å². The van der Waals surface area contributed by atoms with Gasteiger partial charge in [-0.05, 0) is 31.4 Å². The molecule has 0 spiro atoms. The van der Waals surface area contributed by atoms with Crippen molar-refractivity contribution >= 4 is 23.2 Å². The maximum absolute atomic E-state index is 12.0. The zero-order chi connectivity index (χ0) is 11.8. The molecule has 0 unspecified atom stereocenters. The van der Waals surface area contributed by atoms with Gasteiger partial charge in [-0.25, -0.2) is 0 Å². The van der Waals surface area contributed by atoms with Gasteiger partial charge in [-0.3, -0.25) is 4.79 Å². The van der Waals surface area contributed by atoms with Crippen LogP contribution in [0.25, 0.3) is 0 Å². The molecule has 1 saturated carbocycles. The Bertz CT molecular complexity index is 507. The van der Waals surface area contributed by atoms with E-state index in [1.807, 2.05) is 6.07 Å². The van der Waals surface area contributed by atoms with Gasteiger partial charge in [0.25, 0.3) is 0 Å². The van der Waals surface area contributed by atoms with Crippen LogP contribution in [0.3, 0.4) is 0 Å². The topological polar surface area (TPSA) is 20.3 Å². The summed E-state index contributed by atoms with van der Waals surface area (Å²) in [6.07, 6.45) is 3.87.